The van der Waals surface area contributed by atoms with Gasteiger partial charge in [-0.3, -0.25) is 0 Å². The molecule has 0 aromatic heterocycles. The summed E-state index contributed by atoms with van der Waals surface area (Å²) < 4.78 is 11.2. The summed E-state index contributed by atoms with van der Waals surface area (Å²) in [5.74, 6) is 0.417. The molecule has 1 rings (SSSR count). The fourth-order valence-electron chi connectivity index (χ4n) is 2.71. The van der Waals surface area contributed by atoms with Crippen molar-refractivity contribution in [2.75, 3.05) is 6.61 Å². The molecule has 0 saturated heterocycles. The molecule has 1 atom stereocenters. The number of amides is 1. The molecule has 1 unspecified atom stereocenters. The Morgan fingerprint density at radius 1 is 1.21 bits per heavy atom. The maximum Gasteiger partial charge on any atom is 0.431 e. The summed E-state index contributed by atoms with van der Waals surface area (Å²) in [6, 6.07) is 9.97. The molecule has 0 fully saturated rings. The van der Waals surface area contributed by atoms with Gasteiger partial charge in [0.2, 0.25) is 0 Å². The van der Waals surface area contributed by atoms with Gasteiger partial charge in [-0.05, 0) is 57.9 Å². The lowest BCUT2D eigenvalue weighted by Gasteiger charge is -2.29. The standard InChI is InChI=1S/C24H38N2O3/c1-7-22(18-20(2)3)26(23(27)29-24(4,5)6)25-16-12-9-13-17-28-19-21-14-10-8-11-15-21/h7-8,10-11,14-16,20,22H,1,9,12-13,17-19H2,2-6H3/b25-16+. The van der Waals surface area contributed by atoms with Crippen molar-refractivity contribution in [2.24, 2.45) is 11.0 Å². The van der Waals surface area contributed by atoms with Gasteiger partial charge in [-0.25, -0.2) is 4.79 Å². The monoisotopic (exact) mass is 402 g/mol. The lowest BCUT2D eigenvalue weighted by molar-refractivity contribution is 0.0190. The van der Waals surface area contributed by atoms with Crippen LogP contribution in [-0.4, -0.2) is 35.6 Å². The Kier molecular flexibility index (Phi) is 11.3. The van der Waals surface area contributed by atoms with Crippen LogP contribution in [0.2, 0.25) is 0 Å². The summed E-state index contributed by atoms with van der Waals surface area (Å²) in [6.07, 6.45) is 6.57. The van der Waals surface area contributed by atoms with Crippen LogP contribution in [0, 0.1) is 5.92 Å². The van der Waals surface area contributed by atoms with Gasteiger partial charge in [-0.1, -0.05) is 50.3 Å². The smallest absolute Gasteiger partial charge is 0.431 e. The van der Waals surface area contributed by atoms with Gasteiger partial charge in [-0.15, -0.1) is 6.58 Å². The van der Waals surface area contributed by atoms with Crippen LogP contribution in [-0.2, 0) is 16.1 Å². The van der Waals surface area contributed by atoms with E-state index in [1.54, 1.807) is 12.3 Å². The molecule has 1 aromatic rings. The Morgan fingerprint density at radius 3 is 2.48 bits per heavy atom. The second kappa shape index (κ2) is 13.2. The molecule has 5 heteroatoms. The average Bonchev–Trinajstić information content (AvgIpc) is 2.64. The summed E-state index contributed by atoms with van der Waals surface area (Å²) >= 11 is 0. The van der Waals surface area contributed by atoms with Crippen molar-refractivity contribution in [3.63, 3.8) is 0 Å². The van der Waals surface area contributed by atoms with Crippen molar-refractivity contribution < 1.29 is 14.3 Å². The predicted octanol–water partition coefficient (Wildman–Crippen LogP) is 6.20. The van der Waals surface area contributed by atoms with E-state index >= 15 is 0 Å². The van der Waals surface area contributed by atoms with Gasteiger partial charge in [0.1, 0.15) is 5.60 Å². The van der Waals surface area contributed by atoms with E-state index in [9.17, 15) is 4.79 Å². The maximum atomic E-state index is 12.6. The number of carbonyl (C=O) groups is 1. The SMILES string of the molecule is C=CC(CC(C)C)N(/N=C/CCCCOCc1ccccc1)C(=O)OC(C)(C)C. The lowest BCUT2D eigenvalue weighted by atomic mass is 10.0. The van der Waals surface area contributed by atoms with E-state index in [4.69, 9.17) is 9.47 Å². The fourth-order valence-corrected chi connectivity index (χ4v) is 2.71. The van der Waals surface area contributed by atoms with Crippen LogP contribution in [0.1, 0.15) is 65.9 Å². The molecule has 1 amide bonds. The number of hydrogen-bond donors (Lipinski definition) is 0. The number of benzene rings is 1. The zero-order chi connectivity index (χ0) is 21.7. The van der Waals surface area contributed by atoms with E-state index in [1.165, 1.54) is 10.6 Å². The predicted molar refractivity (Wildman–Crippen MR) is 120 cm³/mol. The summed E-state index contributed by atoms with van der Waals surface area (Å²) in [6.45, 7) is 15.0. The van der Waals surface area contributed by atoms with Crippen molar-refractivity contribution in [1.29, 1.82) is 0 Å². The second-order valence-corrected chi connectivity index (χ2v) is 8.59. The minimum atomic E-state index is -0.565. The molecule has 0 aliphatic heterocycles. The largest absolute Gasteiger partial charge is 0.442 e. The molecule has 0 bridgehead atoms. The van der Waals surface area contributed by atoms with E-state index in [1.807, 2.05) is 39.0 Å². The number of hydrogen-bond acceptors (Lipinski definition) is 4. The van der Waals surface area contributed by atoms with Crippen molar-refractivity contribution in [1.82, 2.24) is 5.01 Å². The van der Waals surface area contributed by atoms with Crippen molar-refractivity contribution in [3.05, 3.63) is 48.6 Å². The van der Waals surface area contributed by atoms with Crippen LogP contribution in [0.25, 0.3) is 0 Å². The number of carbonyl (C=O) groups excluding carboxylic acids is 1. The first-order chi connectivity index (χ1) is 13.7. The van der Waals surface area contributed by atoms with E-state index in [2.05, 4.69) is 37.7 Å². The molecular weight excluding hydrogens is 364 g/mol. The third-order valence-corrected chi connectivity index (χ3v) is 4.07. The highest BCUT2D eigenvalue weighted by Gasteiger charge is 2.27. The molecule has 1 aromatic carbocycles. The molecule has 0 spiro atoms. The molecule has 0 saturated carbocycles. The van der Waals surface area contributed by atoms with E-state index in [-0.39, 0.29) is 6.04 Å². The van der Waals surface area contributed by atoms with Gasteiger partial charge < -0.3 is 9.47 Å². The number of nitrogens with zero attached hydrogens (tertiary/aromatic N) is 2. The molecule has 5 nitrogen and oxygen atoms in total. The first kappa shape index (κ1) is 24.9. The van der Waals surface area contributed by atoms with E-state index in [0.29, 0.717) is 19.1 Å². The molecule has 162 valence electrons. The van der Waals surface area contributed by atoms with Crippen molar-refractivity contribution >= 4 is 12.3 Å². The minimum Gasteiger partial charge on any atom is -0.442 e. The number of hydrazone groups is 1. The lowest BCUT2D eigenvalue weighted by Crippen LogP contribution is -2.40. The fraction of sp³-hybridized carbons (Fsp3) is 0.583. The van der Waals surface area contributed by atoms with Gasteiger partial charge in [0.15, 0.2) is 0 Å². The number of ether oxygens (including phenoxy) is 2. The topological polar surface area (TPSA) is 51.1 Å². The molecular formula is C24H38N2O3. The molecule has 0 N–H and O–H groups in total. The third-order valence-electron chi connectivity index (χ3n) is 4.07. The highest BCUT2D eigenvalue weighted by Crippen LogP contribution is 2.18. The Balaban J connectivity index is 2.47. The van der Waals surface area contributed by atoms with Crippen LogP contribution in [0.5, 0.6) is 0 Å². The third kappa shape index (κ3) is 11.4. The molecule has 29 heavy (non-hydrogen) atoms. The second-order valence-electron chi connectivity index (χ2n) is 8.59. The minimum absolute atomic E-state index is 0.185. The summed E-state index contributed by atoms with van der Waals surface area (Å²) in [5.41, 5.74) is 0.618. The van der Waals surface area contributed by atoms with Gasteiger partial charge in [0, 0.05) is 12.8 Å². The zero-order valence-corrected chi connectivity index (χ0v) is 18.8. The Morgan fingerprint density at radius 2 is 1.90 bits per heavy atom. The Bertz CT molecular complexity index is 621. The maximum absolute atomic E-state index is 12.6. The summed E-state index contributed by atoms with van der Waals surface area (Å²) in [4.78, 5) is 12.6. The molecule has 0 radical (unpaired) electrons. The first-order valence-corrected chi connectivity index (χ1v) is 10.5. The van der Waals surface area contributed by atoms with E-state index in [0.717, 1.165) is 25.7 Å². The summed E-state index contributed by atoms with van der Waals surface area (Å²) in [7, 11) is 0. The first-order valence-electron chi connectivity index (χ1n) is 10.5. The van der Waals surface area contributed by atoms with Crippen LogP contribution < -0.4 is 0 Å². The van der Waals surface area contributed by atoms with Gasteiger partial charge in [0.25, 0.3) is 0 Å². The van der Waals surface area contributed by atoms with Crippen LogP contribution >= 0.6 is 0 Å². The Labute approximate surface area is 176 Å². The van der Waals surface area contributed by atoms with E-state index < -0.39 is 11.7 Å². The van der Waals surface area contributed by atoms with Crippen LogP contribution in [0.4, 0.5) is 4.79 Å². The molecule has 0 aliphatic rings. The number of rotatable bonds is 12. The summed E-state index contributed by atoms with van der Waals surface area (Å²) in [5, 5.41) is 5.84. The quantitative estimate of drug-likeness (QED) is 0.181. The highest BCUT2D eigenvalue weighted by molar-refractivity contribution is 5.70. The van der Waals surface area contributed by atoms with Crippen LogP contribution in [0.15, 0.2) is 48.1 Å². The highest BCUT2D eigenvalue weighted by atomic mass is 16.6. The zero-order valence-electron chi connectivity index (χ0n) is 18.8. The van der Waals surface area contributed by atoms with Crippen molar-refractivity contribution in [2.45, 2.75) is 78.6 Å². The Hall–Kier alpha value is -2.14. The van der Waals surface area contributed by atoms with Crippen LogP contribution in [0.3, 0.4) is 0 Å². The normalized spacial score (nSPS) is 12.9. The average molecular weight is 403 g/mol. The van der Waals surface area contributed by atoms with Gasteiger partial charge in [-0.2, -0.15) is 10.1 Å². The molecule has 0 aliphatic carbocycles. The number of unbranched alkanes of at least 4 members (excludes halogenated alkanes) is 2. The molecule has 0 heterocycles. The van der Waals surface area contributed by atoms with Gasteiger partial charge >= 0.3 is 6.09 Å². The van der Waals surface area contributed by atoms with Gasteiger partial charge in [0.05, 0.1) is 12.6 Å². The van der Waals surface area contributed by atoms with Crippen molar-refractivity contribution in [3.8, 4) is 0 Å².